The van der Waals surface area contributed by atoms with Gasteiger partial charge in [-0.2, -0.15) is 11.8 Å². The summed E-state index contributed by atoms with van der Waals surface area (Å²) in [6.07, 6.45) is 3.19. The van der Waals surface area contributed by atoms with Crippen LogP contribution in [0.1, 0.15) is 47.0 Å². The molecule has 0 atom stereocenters. The normalized spacial score (nSPS) is 18.0. The Morgan fingerprint density at radius 2 is 2.00 bits per heavy atom. The van der Waals surface area contributed by atoms with Crippen molar-refractivity contribution in [1.29, 1.82) is 0 Å². The summed E-state index contributed by atoms with van der Waals surface area (Å²) in [5.74, 6) is 2.65. The van der Waals surface area contributed by atoms with E-state index in [-0.39, 0.29) is 4.75 Å². The Morgan fingerprint density at radius 1 is 1.25 bits per heavy atom. The first-order valence-corrected chi connectivity index (χ1v) is 10.4. The molecule has 5 nitrogen and oxygen atoms in total. The molecule has 0 unspecified atom stereocenters. The second-order valence-electron chi connectivity index (χ2n) is 6.67. The minimum atomic E-state index is 0.246. The van der Waals surface area contributed by atoms with Crippen LogP contribution < -0.4 is 10.6 Å². The van der Waals surface area contributed by atoms with Gasteiger partial charge in [-0.3, -0.25) is 4.99 Å². The van der Waals surface area contributed by atoms with Crippen molar-refractivity contribution >= 4 is 17.7 Å². The highest BCUT2D eigenvalue weighted by molar-refractivity contribution is 8.00. The molecule has 1 aliphatic rings. The fourth-order valence-electron chi connectivity index (χ4n) is 2.66. The molecule has 6 heteroatoms. The van der Waals surface area contributed by atoms with Crippen molar-refractivity contribution in [3.8, 4) is 0 Å². The first-order chi connectivity index (χ1) is 11.6. The number of ether oxygens (including phenoxy) is 2. The van der Waals surface area contributed by atoms with Gasteiger partial charge in [0.05, 0.1) is 6.54 Å². The summed E-state index contributed by atoms with van der Waals surface area (Å²) in [4.78, 5) is 4.85. The van der Waals surface area contributed by atoms with Crippen LogP contribution in [0.5, 0.6) is 0 Å². The lowest BCUT2D eigenvalue weighted by Gasteiger charge is -2.35. The summed E-state index contributed by atoms with van der Waals surface area (Å²) in [6.45, 7) is 14.7. The maximum atomic E-state index is 5.62. The van der Waals surface area contributed by atoms with Crippen LogP contribution >= 0.6 is 11.8 Å². The number of aliphatic imine (C=N–C) groups is 1. The van der Waals surface area contributed by atoms with Gasteiger partial charge in [0.2, 0.25) is 0 Å². The van der Waals surface area contributed by atoms with Gasteiger partial charge < -0.3 is 20.1 Å². The van der Waals surface area contributed by atoms with Crippen LogP contribution in [0.2, 0.25) is 0 Å². The molecule has 1 heterocycles. The van der Waals surface area contributed by atoms with E-state index in [1.165, 1.54) is 0 Å². The highest BCUT2D eigenvalue weighted by Gasteiger charge is 2.32. The minimum absolute atomic E-state index is 0.246. The van der Waals surface area contributed by atoms with Crippen LogP contribution in [-0.2, 0) is 9.47 Å². The van der Waals surface area contributed by atoms with Gasteiger partial charge in [0.15, 0.2) is 5.96 Å². The standard InChI is InChI=1S/C18H37N3O2S/c1-5-19-17(20-10-7-11-23-14-16(3)4)21-15-18(24-6-2)8-12-22-13-9-18/h16H,5-15H2,1-4H3,(H2,19,20,21). The van der Waals surface area contributed by atoms with Crippen molar-refractivity contribution in [2.24, 2.45) is 10.9 Å². The van der Waals surface area contributed by atoms with Crippen LogP contribution in [0, 0.1) is 5.92 Å². The number of nitrogens with one attached hydrogen (secondary N) is 2. The van der Waals surface area contributed by atoms with Crippen molar-refractivity contribution in [2.75, 3.05) is 51.8 Å². The zero-order valence-electron chi connectivity index (χ0n) is 16.0. The molecule has 0 radical (unpaired) electrons. The zero-order valence-corrected chi connectivity index (χ0v) is 16.8. The molecule has 0 spiro atoms. The molecule has 24 heavy (non-hydrogen) atoms. The van der Waals surface area contributed by atoms with E-state index < -0.39 is 0 Å². The van der Waals surface area contributed by atoms with Crippen molar-refractivity contribution in [2.45, 2.75) is 51.7 Å². The van der Waals surface area contributed by atoms with Gasteiger partial charge in [-0.05, 0) is 37.9 Å². The van der Waals surface area contributed by atoms with Crippen molar-refractivity contribution in [3.05, 3.63) is 0 Å². The number of hydrogen-bond donors (Lipinski definition) is 2. The molecule has 0 saturated carbocycles. The molecule has 0 aromatic carbocycles. The number of thioether (sulfide) groups is 1. The SMILES string of the molecule is CCNC(=NCC1(SCC)CCOCC1)NCCCOCC(C)C. The Balaban J connectivity index is 2.39. The Morgan fingerprint density at radius 3 is 2.62 bits per heavy atom. The molecule has 1 aliphatic heterocycles. The first-order valence-electron chi connectivity index (χ1n) is 9.43. The maximum Gasteiger partial charge on any atom is 0.191 e. The number of guanidine groups is 1. The second kappa shape index (κ2) is 12.8. The van der Waals surface area contributed by atoms with Crippen molar-refractivity contribution in [1.82, 2.24) is 10.6 Å². The van der Waals surface area contributed by atoms with Crippen molar-refractivity contribution < 1.29 is 9.47 Å². The molecule has 0 aliphatic carbocycles. The smallest absolute Gasteiger partial charge is 0.191 e. The zero-order chi connectivity index (χ0) is 17.7. The maximum absolute atomic E-state index is 5.62. The average molecular weight is 360 g/mol. The van der Waals surface area contributed by atoms with Crippen LogP contribution in [-0.4, -0.2) is 62.5 Å². The first kappa shape index (κ1) is 21.6. The molecule has 2 N–H and O–H groups in total. The van der Waals surface area contributed by atoms with Gasteiger partial charge in [0.25, 0.3) is 0 Å². The lowest BCUT2D eigenvalue weighted by atomic mass is 9.99. The van der Waals surface area contributed by atoms with E-state index >= 15 is 0 Å². The molecule has 0 aromatic rings. The molecular formula is C18H37N3O2S. The summed E-state index contributed by atoms with van der Waals surface area (Å²) >= 11 is 2.03. The van der Waals surface area contributed by atoms with E-state index in [2.05, 4.69) is 38.3 Å². The quantitative estimate of drug-likeness (QED) is 0.337. The lowest BCUT2D eigenvalue weighted by Crippen LogP contribution is -2.41. The fraction of sp³-hybridized carbons (Fsp3) is 0.944. The van der Waals surface area contributed by atoms with Gasteiger partial charge >= 0.3 is 0 Å². The highest BCUT2D eigenvalue weighted by Crippen LogP contribution is 2.35. The number of rotatable bonds is 11. The third kappa shape index (κ3) is 9.14. The van der Waals surface area contributed by atoms with Crippen molar-refractivity contribution in [3.63, 3.8) is 0 Å². The number of nitrogens with zero attached hydrogens (tertiary/aromatic N) is 1. The third-order valence-electron chi connectivity index (χ3n) is 3.93. The van der Waals surface area contributed by atoms with E-state index in [9.17, 15) is 0 Å². The van der Waals surface area contributed by atoms with E-state index in [1.807, 2.05) is 11.8 Å². The van der Waals surface area contributed by atoms with Crippen LogP contribution in [0.15, 0.2) is 4.99 Å². The summed E-state index contributed by atoms with van der Waals surface area (Å²) in [5.41, 5.74) is 0. The van der Waals surface area contributed by atoms with E-state index in [0.29, 0.717) is 5.92 Å². The summed E-state index contributed by atoms with van der Waals surface area (Å²) in [7, 11) is 0. The lowest BCUT2D eigenvalue weighted by molar-refractivity contribution is 0.0793. The second-order valence-corrected chi connectivity index (χ2v) is 8.40. The highest BCUT2D eigenvalue weighted by atomic mass is 32.2. The summed E-state index contributed by atoms with van der Waals surface area (Å²) in [6, 6.07) is 0. The minimum Gasteiger partial charge on any atom is -0.381 e. The number of hydrogen-bond acceptors (Lipinski definition) is 4. The summed E-state index contributed by atoms with van der Waals surface area (Å²) < 4.78 is 11.4. The van der Waals surface area contributed by atoms with Gasteiger partial charge in [-0.1, -0.05) is 20.8 Å². The van der Waals surface area contributed by atoms with Crippen LogP contribution in [0.4, 0.5) is 0 Å². The fourth-order valence-corrected chi connectivity index (χ4v) is 3.89. The molecule has 1 saturated heterocycles. The monoisotopic (exact) mass is 359 g/mol. The largest absolute Gasteiger partial charge is 0.381 e. The molecule has 1 rings (SSSR count). The van der Waals surface area contributed by atoms with Crippen LogP contribution in [0.25, 0.3) is 0 Å². The van der Waals surface area contributed by atoms with E-state index in [4.69, 9.17) is 14.5 Å². The van der Waals surface area contributed by atoms with Gasteiger partial charge in [-0.15, -0.1) is 0 Å². The molecule has 1 fully saturated rings. The van der Waals surface area contributed by atoms with Gasteiger partial charge in [0.1, 0.15) is 0 Å². The molecule has 0 bridgehead atoms. The van der Waals surface area contributed by atoms with Gasteiger partial charge in [-0.25, -0.2) is 0 Å². The Kier molecular flexibility index (Phi) is 11.5. The molecular weight excluding hydrogens is 322 g/mol. The van der Waals surface area contributed by atoms with E-state index in [0.717, 1.165) is 77.0 Å². The van der Waals surface area contributed by atoms with Crippen LogP contribution in [0.3, 0.4) is 0 Å². The summed E-state index contributed by atoms with van der Waals surface area (Å²) in [5, 5.41) is 6.77. The predicted molar refractivity (Wildman–Crippen MR) is 105 cm³/mol. The Labute approximate surface area is 152 Å². The molecule has 142 valence electrons. The van der Waals surface area contributed by atoms with E-state index in [1.54, 1.807) is 0 Å². The Hall–Kier alpha value is -0.460. The predicted octanol–water partition coefficient (Wildman–Crippen LogP) is 2.91. The molecule has 0 amide bonds. The van der Waals surface area contributed by atoms with Gasteiger partial charge in [0, 0.05) is 44.3 Å². The average Bonchev–Trinajstić information content (AvgIpc) is 2.56. The third-order valence-corrected chi connectivity index (χ3v) is 5.37. The topological polar surface area (TPSA) is 54.9 Å². The Bertz CT molecular complexity index is 340. The molecule has 0 aromatic heterocycles.